The second-order valence-electron chi connectivity index (χ2n) is 5.64. The van der Waals surface area contributed by atoms with E-state index in [4.69, 9.17) is 0 Å². The number of aromatic nitrogens is 4. The summed E-state index contributed by atoms with van der Waals surface area (Å²) in [5, 5.41) is 7.57. The second-order valence-corrected chi connectivity index (χ2v) is 6.76. The van der Waals surface area contributed by atoms with E-state index in [0.717, 1.165) is 17.0 Å². The average molecular weight is 349 g/mol. The van der Waals surface area contributed by atoms with E-state index in [1.165, 1.54) is 23.1 Å². The van der Waals surface area contributed by atoms with Gasteiger partial charge < -0.3 is 0 Å². The molecule has 0 aliphatic carbocycles. The van der Waals surface area contributed by atoms with Gasteiger partial charge in [-0.2, -0.15) is 5.10 Å². The molecule has 1 amide bonds. The molecule has 0 bridgehead atoms. The summed E-state index contributed by atoms with van der Waals surface area (Å²) in [6.07, 6.45) is 5.91. The van der Waals surface area contributed by atoms with Crippen molar-refractivity contribution < 1.29 is 4.79 Å². The van der Waals surface area contributed by atoms with Crippen molar-refractivity contribution in [1.82, 2.24) is 19.6 Å². The van der Waals surface area contributed by atoms with Crippen molar-refractivity contribution in [3.8, 4) is 0 Å². The number of nitrogens with zero attached hydrogens (tertiary/aromatic N) is 4. The molecule has 0 aliphatic rings. The Morgan fingerprint density at radius 1 is 1.20 bits per heavy atom. The predicted octanol–water partition coefficient (Wildman–Crippen LogP) is 3.34. The fraction of sp³-hybridized carbons (Fsp3) is 0.111. The van der Waals surface area contributed by atoms with Crippen molar-refractivity contribution >= 4 is 28.0 Å². The van der Waals surface area contributed by atoms with Gasteiger partial charge in [0.15, 0.2) is 10.8 Å². The molecule has 6 nitrogen and oxygen atoms in total. The van der Waals surface area contributed by atoms with Crippen LogP contribution in [0.2, 0.25) is 0 Å². The first-order valence-electron chi connectivity index (χ1n) is 7.80. The zero-order valence-electron chi connectivity index (χ0n) is 13.5. The Hall–Kier alpha value is -3.06. The van der Waals surface area contributed by atoms with E-state index < -0.39 is 0 Å². The van der Waals surface area contributed by atoms with E-state index >= 15 is 0 Å². The third-order valence-corrected chi connectivity index (χ3v) is 4.66. The number of aryl methyl sites for hydroxylation is 1. The highest BCUT2D eigenvalue weighted by Crippen LogP contribution is 2.22. The van der Waals surface area contributed by atoms with Gasteiger partial charge in [0.25, 0.3) is 5.91 Å². The van der Waals surface area contributed by atoms with Gasteiger partial charge in [0.05, 0.1) is 6.20 Å². The molecular weight excluding hydrogens is 334 g/mol. The third kappa shape index (κ3) is 3.27. The first kappa shape index (κ1) is 15.5. The number of anilines is 1. The van der Waals surface area contributed by atoms with E-state index in [0.29, 0.717) is 16.3 Å². The minimum absolute atomic E-state index is 0.256. The van der Waals surface area contributed by atoms with Crippen LogP contribution < -0.4 is 5.32 Å². The van der Waals surface area contributed by atoms with Crippen LogP contribution in [0.5, 0.6) is 0 Å². The molecule has 1 N–H and O–H groups in total. The summed E-state index contributed by atoms with van der Waals surface area (Å²) < 4.78 is 1.59. The highest BCUT2D eigenvalue weighted by Gasteiger charge is 2.15. The number of carbonyl (C=O) groups is 1. The number of carbonyl (C=O) groups excluding carboxylic acids is 1. The van der Waals surface area contributed by atoms with Gasteiger partial charge in [-0.05, 0) is 18.6 Å². The number of rotatable bonds is 4. The van der Waals surface area contributed by atoms with Crippen LogP contribution in [0.1, 0.15) is 26.5 Å². The molecule has 25 heavy (non-hydrogen) atoms. The van der Waals surface area contributed by atoms with Crippen molar-refractivity contribution in [3.63, 3.8) is 0 Å². The molecule has 1 aromatic carbocycles. The Labute approximate surface area is 148 Å². The Kier molecular flexibility index (Phi) is 3.99. The second kappa shape index (κ2) is 6.45. The van der Waals surface area contributed by atoms with Crippen molar-refractivity contribution in [2.45, 2.75) is 13.3 Å². The molecular formula is C18H15N5OS. The molecule has 4 aromatic rings. The molecule has 3 heterocycles. The highest BCUT2D eigenvalue weighted by atomic mass is 32.1. The number of fused-ring (bicyclic) bond motifs is 1. The minimum Gasteiger partial charge on any atom is -0.298 e. The fourth-order valence-corrected chi connectivity index (χ4v) is 3.37. The number of hydrogen-bond acceptors (Lipinski definition) is 5. The summed E-state index contributed by atoms with van der Waals surface area (Å²) in [5.74, 6) is -0.256. The lowest BCUT2D eigenvalue weighted by Gasteiger charge is -2.00. The Bertz CT molecular complexity index is 1040. The maximum absolute atomic E-state index is 12.5. The Morgan fingerprint density at radius 2 is 2.04 bits per heavy atom. The molecule has 0 aliphatic heterocycles. The van der Waals surface area contributed by atoms with Gasteiger partial charge in [0.2, 0.25) is 0 Å². The van der Waals surface area contributed by atoms with E-state index in [1.807, 2.05) is 31.2 Å². The van der Waals surface area contributed by atoms with Crippen LogP contribution >= 0.6 is 11.3 Å². The summed E-state index contributed by atoms with van der Waals surface area (Å²) in [4.78, 5) is 22.3. The Morgan fingerprint density at radius 3 is 2.88 bits per heavy atom. The Balaban J connectivity index is 1.52. The minimum atomic E-state index is -0.256. The van der Waals surface area contributed by atoms with Gasteiger partial charge in [0, 0.05) is 29.4 Å². The number of amides is 1. The first-order chi connectivity index (χ1) is 12.2. The van der Waals surface area contributed by atoms with Crippen LogP contribution in [0.3, 0.4) is 0 Å². The lowest BCUT2D eigenvalue weighted by atomic mass is 10.1. The number of benzene rings is 1. The highest BCUT2D eigenvalue weighted by molar-refractivity contribution is 7.15. The maximum atomic E-state index is 12.5. The van der Waals surface area contributed by atoms with Crippen LogP contribution in [0.4, 0.5) is 5.13 Å². The van der Waals surface area contributed by atoms with Gasteiger partial charge in [-0.1, -0.05) is 30.3 Å². The average Bonchev–Trinajstić information content (AvgIpc) is 3.22. The van der Waals surface area contributed by atoms with Crippen LogP contribution in [0, 0.1) is 6.92 Å². The molecule has 124 valence electrons. The lowest BCUT2D eigenvalue weighted by Crippen LogP contribution is -2.11. The SMILES string of the molecule is Cc1ccn2ncc(C(=O)Nc3ncc(Cc4ccccc4)s3)c2n1. The molecule has 0 saturated carbocycles. The number of thiazole rings is 1. The third-order valence-electron chi connectivity index (χ3n) is 3.75. The summed E-state index contributed by atoms with van der Waals surface area (Å²) in [6, 6.07) is 12.0. The van der Waals surface area contributed by atoms with Gasteiger partial charge >= 0.3 is 0 Å². The molecule has 4 rings (SSSR count). The van der Waals surface area contributed by atoms with Crippen molar-refractivity contribution in [2.24, 2.45) is 0 Å². The first-order valence-corrected chi connectivity index (χ1v) is 8.62. The zero-order valence-corrected chi connectivity index (χ0v) is 14.3. The van der Waals surface area contributed by atoms with Gasteiger partial charge in [0.1, 0.15) is 5.56 Å². The van der Waals surface area contributed by atoms with Crippen LogP contribution in [-0.2, 0) is 6.42 Å². The van der Waals surface area contributed by atoms with E-state index in [2.05, 4.69) is 32.5 Å². The standard InChI is InChI=1S/C18H15N5OS/c1-12-7-8-23-16(21-12)15(11-20-23)17(24)22-18-19-10-14(25-18)9-13-5-3-2-4-6-13/h2-8,10-11H,9H2,1H3,(H,19,22,24). The van der Waals surface area contributed by atoms with E-state index in [1.54, 1.807) is 16.9 Å². The van der Waals surface area contributed by atoms with Gasteiger partial charge in [-0.15, -0.1) is 11.3 Å². The molecule has 0 fully saturated rings. The predicted molar refractivity (Wildman–Crippen MR) is 97.0 cm³/mol. The zero-order chi connectivity index (χ0) is 17.2. The summed E-state index contributed by atoms with van der Waals surface area (Å²) in [5.41, 5.74) is 3.02. The van der Waals surface area contributed by atoms with Crippen LogP contribution in [0.15, 0.2) is 55.0 Å². The monoisotopic (exact) mass is 349 g/mol. The molecule has 0 spiro atoms. The summed E-state index contributed by atoms with van der Waals surface area (Å²) in [6.45, 7) is 1.88. The van der Waals surface area contributed by atoms with Crippen molar-refractivity contribution in [3.05, 3.63) is 76.7 Å². The number of nitrogens with one attached hydrogen (secondary N) is 1. The lowest BCUT2D eigenvalue weighted by molar-refractivity contribution is 0.102. The molecule has 0 unspecified atom stereocenters. The van der Waals surface area contributed by atoms with E-state index in [9.17, 15) is 4.79 Å². The summed E-state index contributed by atoms with van der Waals surface area (Å²) >= 11 is 1.47. The van der Waals surface area contributed by atoms with Gasteiger partial charge in [-0.25, -0.2) is 14.5 Å². The van der Waals surface area contributed by atoms with Crippen molar-refractivity contribution in [2.75, 3.05) is 5.32 Å². The summed E-state index contributed by atoms with van der Waals surface area (Å²) in [7, 11) is 0. The van der Waals surface area contributed by atoms with Gasteiger partial charge in [-0.3, -0.25) is 10.1 Å². The quantitative estimate of drug-likeness (QED) is 0.613. The largest absolute Gasteiger partial charge is 0.298 e. The number of hydrogen-bond donors (Lipinski definition) is 1. The maximum Gasteiger partial charge on any atom is 0.262 e. The topological polar surface area (TPSA) is 72.2 Å². The molecule has 0 saturated heterocycles. The fourth-order valence-electron chi connectivity index (χ4n) is 2.53. The molecule has 7 heteroatoms. The van der Waals surface area contributed by atoms with Crippen molar-refractivity contribution in [1.29, 1.82) is 0 Å². The normalized spacial score (nSPS) is 10.9. The van der Waals surface area contributed by atoms with Crippen LogP contribution in [-0.4, -0.2) is 25.5 Å². The van der Waals surface area contributed by atoms with E-state index in [-0.39, 0.29) is 5.91 Å². The molecule has 0 atom stereocenters. The molecule has 0 radical (unpaired) electrons. The molecule has 3 aromatic heterocycles. The van der Waals surface area contributed by atoms with Crippen LogP contribution in [0.25, 0.3) is 5.65 Å². The smallest absolute Gasteiger partial charge is 0.262 e.